The highest BCUT2D eigenvalue weighted by atomic mass is 79.9. The van der Waals surface area contributed by atoms with Gasteiger partial charge in [0.2, 0.25) is 5.91 Å². The average Bonchev–Trinajstić information content (AvgIpc) is 2.53. The van der Waals surface area contributed by atoms with Crippen LogP contribution in [0, 0.1) is 0 Å². The number of hydrogen-bond acceptors (Lipinski definition) is 1. The molecule has 0 spiro atoms. The number of carbonyl (C=O) groups excluding carboxylic acids is 1. The van der Waals surface area contributed by atoms with Gasteiger partial charge in [0.15, 0.2) is 0 Å². The Morgan fingerprint density at radius 1 is 0.880 bits per heavy atom. The van der Waals surface area contributed by atoms with Crippen molar-refractivity contribution in [2.45, 2.75) is 17.2 Å². The fourth-order valence-electron chi connectivity index (χ4n) is 2.01. The second-order valence-corrected chi connectivity index (χ2v) is 5.97. The topological polar surface area (TPSA) is 29.1 Å². The Kier molecular flexibility index (Phi) is 5.46. The molecule has 0 aliphatic carbocycles. The molecule has 25 heavy (non-hydrogen) atoms. The van der Waals surface area contributed by atoms with Crippen LogP contribution in [0.1, 0.15) is 21.5 Å². The van der Waals surface area contributed by atoms with Crippen LogP contribution in [0.4, 0.5) is 32.0 Å². The van der Waals surface area contributed by atoms with Crippen molar-refractivity contribution >= 4 is 27.5 Å². The number of benzene rings is 2. The van der Waals surface area contributed by atoms with E-state index < -0.39 is 39.9 Å². The molecular weight excluding hydrogens is 416 g/mol. The van der Waals surface area contributed by atoms with Crippen LogP contribution in [0.3, 0.4) is 0 Å². The first kappa shape index (κ1) is 19.3. The Hall–Kier alpha value is -2.03. The molecular formula is C16H10BrF6NO. The van der Waals surface area contributed by atoms with Crippen LogP contribution in [-0.4, -0.2) is 5.91 Å². The number of rotatable bonds is 3. The lowest BCUT2D eigenvalue weighted by molar-refractivity contribution is -0.143. The molecule has 0 aromatic heterocycles. The summed E-state index contributed by atoms with van der Waals surface area (Å²) in [5, 5.41) is 2.08. The highest BCUT2D eigenvalue weighted by Crippen LogP contribution is 2.38. The van der Waals surface area contributed by atoms with E-state index in [9.17, 15) is 31.1 Å². The van der Waals surface area contributed by atoms with E-state index in [1.165, 1.54) is 0 Å². The maximum Gasteiger partial charge on any atom is 0.416 e. The molecule has 9 heteroatoms. The van der Waals surface area contributed by atoms with Crippen LogP contribution in [0.5, 0.6) is 0 Å². The predicted molar refractivity (Wildman–Crippen MR) is 83.2 cm³/mol. The zero-order valence-corrected chi connectivity index (χ0v) is 13.8. The minimum atomic E-state index is -4.98. The normalized spacial score (nSPS) is 13.4. The van der Waals surface area contributed by atoms with E-state index in [-0.39, 0.29) is 6.07 Å². The number of amides is 1. The van der Waals surface area contributed by atoms with Gasteiger partial charge in [0.1, 0.15) is 4.83 Å². The number of hydrogen-bond donors (Lipinski definition) is 1. The van der Waals surface area contributed by atoms with Crippen LogP contribution in [-0.2, 0) is 17.1 Å². The molecule has 0 aliphatic heterocycles. The Labute approximate surface area is 147 Å². The van der Waals surface area contributed by atoms with Crippen LogP contribution >= 0.6 is 15.9 Å². The van der Waals surface area contributed by atoms with E-state index >= 15 is 0 Å². The standard InChI is InChI=1S/C16H10BrF6NO/c17-13(9-4-2-1-3-5-9)14(25)24-12-7-10(15(18,19)20)6-11(8-12)16(21,22)23/h1-8,13H,(H,24,25)/t13-/m0/s1. The number of carbonyl (C=O) groups is 1. The lowest BCUT2D eigenvalue weighted by Gasteiger charge is -2.16. The number of nitrogens with one attached hydrogen (secondary N) is 1. The van der Waals surface area contributed by atoms with Gasteiger partial charge in [-0.2, -0.15) is 26.3 Å². The van der Waals surface area contributed by atoms with Crippen molar-refractivity contribution in [1.82, 2.24) is 0 Å². The lowest BCUT2D eigenvalue weighted by Crippen LogP contribution is -2.19. The van der Waals surface area contributed by atoms with E-state index in [0.717, 1.165) is 0 Å². The van der Waals surface area contributed by atoms with Gasteiger partial charge in [-0.1, -0.05) is 46.3 Å². The van der Waals surface area contributed by atoms with Gasteiger partial charge in [0.25, 0.3) is 0 Å². The van der Waals surface area contributed by atoms with Gasteiger partial charge in [-0.3, -0.25) is 4.79 Å². The van der Waals surface area contributed by atoms with Crippen molar-refractivity contribution in [3.63, 3.8) is 0 Å². The molecule has 1 amide bonds. The van der Waals surface area contributed by atoms with Crippen LogP contribution in [0.15, 0.2) is 48.5 Å². The second-order valence-electron chi connectivity index (χ2n) is 5.06. The Bertz CT molecular complexity index is 725. The Morgan fingerprint density at radius 3 is 1.80 bits per heavy atom. The maximum absolute atomic E-state index is 12.8. The summed E-state index contributed by atoms with van der Waals surface area (Å²) in [6.45, 7) is 0. The van der Waals surface area contributed by atoms with Gasteiger partial charge < -0.3 is 5.32 Å². The molecule has 0 saturated carbocycles. The smallest absolute Gasteiger partial charge is 0.325 e. The van der Waals surface area contributed by atoms with Crippen LogP contribution < -0.4 is 5.32 Å². The summed E-state index contributed by atoms with van der Waals surface area (Å²) in [4.78, 5) is 11.2. The summed E-state index contributed by atoms with van der Waals surface area (Å²) in [6.07, 6.45) is -9.96. The van der Waals surface area contributed by atoms with E-state index in [1.807, 2.05) is 0 Å². The third-order valence-electron chi connectivity index (χ3n) is 3.18. The first-order chi connectivity index (χ1) is 11.5. The minimum Gasteiger partial charge on any atom is -0.325 e. The molecule has 2 rings (SSSR count). The van der Waals surface area contributed by atoms with E-state index in [4.69, 9.17) is 0 Å². The maximum atomic E-state index is 12.8. The van der Waals surface area contributed by atoms with Crippen LogP contribution in [0.25, 0.3) is 0 Å². The molecule has 2 nitrogen and oxygen atoms in total. The largest absolute Gasteiger partial charge is 0.416 e. The van der Waals surface area contributed by atoms with Gasteiger partial charge in [-0.15, -0.1) is 0 Å². The molecule has 2 aromatic carbocycles. The van der Waals surface area contributed by atoms with Gasteiger partial charge in [-0.05, 0) is 23.8 Å². The average molecular weight is 426 g/mol. The molecule has 0 fully saturated rings. The molecule has 0 radical (unpaired) electrons. The molecule has 1 atom stereocenters. The first-order valence-corrected chi connectivity index (χ1v) is 7.69. The zero-order valence-electron chi connectivity index (χ0n) is 12.3. The van der Waals surface area contributed by atoms with Gasteiger partial charge in [0, 0.05) is 5.69 Å². The number of anilines is 1. The van der Waals surface area contributed by atoms with Gasteiger partial charge in [0.05, 0.1) is 11.1 Å². The SMILES string of the molecule is O=C(Nc1cc(C(F)(F)F)cc(C(F)(F)F)c1)[C@@H](Br)c1ccccc1. The second kappa shape index (κ2) is 7.07. The molecule has 0 saturated heterocycles. The summed E-state index contributed by atoms with van der Waals surface area (Å²) in [5.74, 6) is -0.793. The van der Waals surface area contributed by atoms with Crippen molar-refractivity contribution in [3.8, 4) is 0 Å². The molecule has 134 valence electrons. The zero-order chi connectivity index (χ0) is 18.8. The summed E-state index contributed by atoms with van der Waals surface area (Å²) in [7, 11) is 0. The fraction of sp³-hybridized carbons (Fsp3) is 0.188. The molecule has 1 N–H and O–H groups in total. The summed E-state index contributed by atoms with van der Waals surface area (Å²) in [6, 6.07) is 9.07. The van der Waals surface area contributed by atoms with Crippen molar-refractivity contribution < 1.29 is 31.1 Å². The summed E-state index contributed by atoms with van der Waals surface area (Å²) >= 11 is 3.07. The Balaban J connectivity index is 2.33. The third kappa shape index (κ3) is 4.97. The van der Waals surface area contributed by atoms with Crippen molar-refractivity contribution in [2.75, 3.05) is 5.32 Å². The molecule has 0 bridgehead atoms. The van der Waals surface area contributed by atoms with Crippen molar-refractivity contribution in [1.29, 1.82) is 0 Å². The molecule has 0 heterocycles. The van der Waals surface area contributed by atoms with E-state index in [2.05, 4.69) is 21.2 Å². The highest BCUT2D eigenvalue weighted by Gasteiger charge is 2.37. The van der Waals surface area contributed by atoms with Crippen LogP contribution in [0.2, 0.25) is 0 Å². The fourth-order valence-corrected chi connectivity index (χ4v) is 2.43. The highest BCUT2D eigenvalue weighted by molar-refractivity contribution is 9.09. The predicted octanol–water partition coefficient (Wildman–Crippen LogP) is 5.80. The minimum absolute atomic E-state index is 0.00152. The number of halogens is 7. The summed E-state index contributed by atoms with van der Waals surface area (Å²) in [5.41, 5.74) is -3.08. The van der Waals surface area contributed by atoms with Gasteiger partial charge in [-0.25, -0.2) is 0 Å². The monoisotopic (exact) mass is 425 g/mol. The molecule has 2 aromatic rings. The Morgan fingerprint density at radius 2 is 1.36 bits per heavy atom. The van der Waals surface area contributed by atoms with Gasteiger partial charge >= 0.3 is 12.4 Å². The molecule has 0 aliphatic rings. The quantitative estimate of drug-likeness (QED) is 0.488. The van der Waals surface area contributed by atoms with E-state index in [0.29, 0.717) is 17.7 Å². The number of alkyl halides is 7. The third-order valence-corrected chi connectivity index (χ3v) is 4.12. The lowest BCUT2D eigenvalue weighted by atomic mass is 10.1. The molecule has 0 unspecified atom stereocenters. The van der Waals surface area contributed by atoms with Crippen molar-refractivity contribution in [2.24, 2.45) is 0 Å². The summed E-state index contributed by atoms with van der Waals surface area (Å²) < 4.78 is 76.8. The van der Waals surface area contributed by atoms with Crippen molar-refractivity contribution in [3.05, 3.63) is 65.2 Å². The van der Waals surface area contributed by atoms with E-state index in [1.54, 1.807) is 30.3 Å². The first-order valence-electron chi connectivity index (χ1n) is 6.78.